The monoisotopic (exact) mass is 229 g/mol. The molecule has 82 valence electrons. The van der Waals surface area contributed by atoms with Crippen molar-refractivity contribution in [3.05, 3.63) is 11.9 Å². The van der Waals surface area contributed by atoms with E-state index in [9.17, 15) is 9.59 Å². The molecule has 15 heavy (non-hydrogen) atoms. The van der Waals surface area contributed by atoms with Crippen molar-refractivity contribution in [1.29, 1.82) is 0 Å². The normalized spacial score (nSPS) is 9.93. The lowest BCUT2D eigenvalue weighted by Crippen LogP contribution is -2.13. The average molecular weight is 229 g/mol. The number of aromatic nitrogens is 2. The fourth-order valence-electron chi connectivity index (χ4n) is 0.828. The minimum absolute atomic E-state index is 0.121. The first kappa shape index (κ1) is 11.6. The molecule has 1 heterocycles. The number of amides is 1. The molecule has 0 bridgehead atoms. The van der Waals surface area contributed by atoms with Crippen LogP contribution in [0.2, 0.25) is 0 Å². The number of carbonyl (C=O) groups excluding carboxylic acids is 2. The Morgan fingerprint density at radius 1 is 1.67 bits per heavy atom. The van der Waals surface area contributed by atoms with Crippen molar-refractivity contribution in [2.45, 2.75) is 12.1 Å². The van der Waals surface area contributed by atoms with Gasteiger partial charge in [-0.3, -0.25) is 4.79 Å². The zero-order valence-corrected chi connectivity index (χ0v) is 8.97. The van der Waals surface area contributed by atoms with Crippen LogP contribution in [0.25, 0.3) is 0 Å². The quantitative estimate of drug-likeness (QED) is 0.553. The number of aromatic amines is 1. The average Bonchev–Trinajstić information content (AvgIpc) is 2.63. The largest absolute Gasteiger partial charge is 0.461 e. The van der Waals surface area contributed by atoms with Crippen LogP contribution in [-0.4, -0.2) is 34.2 Å². The molecular weight excluding hydrogens is 218 g/mol. The Morgan fingerprint density at radius 3 is 3.00 bits per heavy atom. The van der Waals surface area contributed by atoms with E-state index in [4.69, 9.17) is 10.5 Å². The molecule has 0 aliphatic heterocycles. The molecule has 0 atom stereocenters. The number of hydrogen-bond acceptors (Lipinski definition) is 5. The van der Waals surface area contributed by atoms with Gasteiger partial charge in [0.15, 0.2) is 5.16 Å². The second kappa shape index (κ2) is 5.40. The molecule has 6 nitrogen and oxygen atoms in total. The van der Waals surface area contributed by atoms with Crippen molar-refractivity contribution in [2.24, 2.45) is 5.73 Å². The summed E-state index contributed by atoms with van der Waals surface area (Å²) in [5, 5.41) is 0.469. The zero-order chi connectivity index (χ0) is 11.3. The summed E-state index contributed by atoms with van der Waals surface area (Å²) >= 11 is 1.14. The van der Waals surface area contributed by atoms with Crippen LogP contribution in [0.3, 0.4) is 0 Å². The SMILES string of the molecule is CCOC(=O)c1cnc(SCC(N)=O)[nH]1. The number of nitrogens with two attached hydrogens (primary N) is 1. The predicted molar refractivity (Wildman–Crippen MR) is 54.5 cm³/mol. The maximum Gasteiger partial charge on any atom is 0.356 e. The summed E-state index contributed by atoms with van der Waals surface area (Å²) in [4.78, 5) is 28.3. The molecule has 0 fully saturated rings. The Balaban J connectivity index is 2.56. The topological polar surface area (TPSA) is 98.1 Å². The Bertz CT molecular complexity index is 364. The van der Waals surface area contributed by atoms with Gasteiger partial charge in [0, 0.05) is 0 Å². The van der Waals surface area contributed by atoms with Gasteiger partial charge in [-0.2, -0.15) is 0 Å². The third kappa shape index (κ3) is 3.62. The van der Waals surface area contributed by atoms with Crippen LogP contribution < -0.4 is 5.73 Å². The highest BCUT2D eigenvalue weighted by molar-refractivity contribution is 7.99. The molecule has 0 aliphatic rings. The summed E-state index contributed by atoms with van der Waals surface area (Å²) in [5.74, 6) is -0.777. The fourth-order valence-corrected chi connectivity index (χ4v) is 1.42. The van der Waals surface area contributed by atoms with E-state index in [1.807, 2.05) is 0 Å². The van der Waals surface area contributed by atoms with Gasteiger partial charge in [-0.25, -0.2) is 9.78 Å². The highest BCUT2D eigenvalue weighted by Gasteiger charge is 2.10. The zero-order valence-electron chi connectivity index (χ0n) is 8.15. The van der Waals surface area contributed by atoms with Crippen molar-refractivity contribution >= 4 is 23.6 Å². The molecule has 1 aromatic heterocycles. The van der Waals surface area contributed by atoms with Crippen molar-refractivity contribution in [1.82, 2.24) is 9.97 Å². The van der Waals surface area contributed by atoms with Gasteiger partial charge in [0.1, 0.15) is 5.69 Å². The van der Waals surface area contributed by atoms with Crippen LogP contribution >= 0.6 is 11.8 Å². The molecule has 1 aromatic rings. The highest BCUT2D eigenvalue weighted by Crippen LogP contribution is 2.13. The van der Waals surface area contributed by atoms with Crippen molar-refractivity contribution < 1.29 is 14.3 Å². The number of nitrogens with zero attached hydrogens (tertiary/aromatic N) is 1. The molecule has 7 heteroatoms. The van der Waals surface area contributed by atoms with E-state index >= 15 is 0 Å². The predicted octanol–water partition coefficient (Wildman–Crippen LogP) is 0.164. The number of hydrogen-bond donors (Lipinski definition) is 2. The summed E-state index contributed by atoms with van der Waals surface area (Å²) < 4.78 is 4.76. The maximum atomic E-state index is 11.2. The number of esters is 1. The number of thioether (sulfide) groups is 1. The van der Waals surface area contributed by atoms with Crippen LogP contribution in [0, 0.1) is 0 Å². The molecule has 0 aliphatic carbocycles. The Kier molecular flexibility index (Phi) is 4.17. The highest BCUT2D eigenvalue weighted by atomic mass is 32.2. The summed E-state index contributed by atoms with van der Waals surface area (Å²) in [6, 6.07) is 0. The van der Waals surface area contributed by atoms with E-state index in [1.54, 1.807) is 6.92 Å². The number of imidazole rings is 1. The maximum absolute atomic E-state index is 11.2. The number of nitrogens with one attached hydrogen (secondary N) is 1. The van der Waals surface area contributed by atoms with E-state index in [0.29, 0.717) is 11.8 Å². The number of rotatable bonds is 5. The first-order valence-electron chi connectivity index (χ1n) is 4.26. The second-order valence-electron chi connectivity index (χ2n) is 2.58. The minimum atomic E-state index is -0.462. The van der Waals surface area contributed by atoms with Gasteiger partial charge in [0.05, 0.1) is 18.6 Å². The standard InChI is InChI=1S/C8H11N3O3S/c1-2-14-7(13)5-3-10-8(11-5)15-4-6(9)12/h3H,2,4H2,1H3,(H2,9,12)(H,10,11). The van der Waals surface area contributed by atoms with Gasteiger partial charge >= 0.3 is 5.97 Å². The Hall–Kier alpha value is -1.50. The third-order valence-electron chi connectivity index (χ3n) is 1.40. The summed E-state index contributed by atoms with van der Waals surface area (Å²) in [6.07, 6.45) is 1.36. The van der Waals surface area contributed by atoms with E-state index < -0.39 is 11.9 Å². The van der Waals surface area contributed by atoms with Gasteiger partial charge in [0.25, 0.3) is 0 Å². The van der Waals surface area contributed by atoms with Gasteiger partial charge in [-0.05, 0) is 6.92 Å². The first-order valence-corrected chi connectivity index (χ1v) is 5.25. The number of primary amides is 1. The summed E-state index contributed by atoms with van der Waals surface area (Å²) in [7, 11) is 0. The van der Waals surface area contributed by atoms with Crippen molar-refractivity contribution in [3.63, 3.8) is 0 Å². The van der Waals surface area contributed by atoms with Crippen molar-refractivity contribution in [2.75, 3.05) is 12.4 Å². The molecule has 3 N–H and O–H groups in total. The fraction of sp³-hybridized carbons (Fsp3) is 0.375. The molecule has 0 aromatic carbocycles. The van der Waals surface area contributed by atoms with Crippen LogP contribution in [0.1, 0.15) is 17.4 Å². The molecule has 0 radical (unpaired) electrons. The molecule has 0 unspecified atom stereocenters. The van der Waals surface area contributed by atoms with Gasteiger partial charge in [0.2, 0.25) is 5.91 Å². The lowest BCUT2D eigenvalue weighted by molar-refractivity contribution is -0.115. The van der Waals surface area contributed by atoms with Gasteiger partial charge in [-0.1, -0.05) is 11.8 Å². The molecule has 1 rings (SSSR count). The minimum Gasteiger partial charge on any atom is -0.461 e. The van der Waals surface area contributed by atoms with E-state index in [2.05, 4.69) is 9.97 Å². The first-order chi connectivity index (χ1) is 7.13. The van der Waals surface area contributed by atoms with E-state index in [0.717, 1.165) is 11.8 Å². The molecule has 1 amide bonds. The summed E-state index contributed by atoms with van der Waals surface area (Å²) in [5.41, 5.74) is 5.23. The Labute approximate surface area is 90.6 Å². The van der Waals surface area contributed by atoms with E-state index in [-0.39, 0.29) is 11.4 Å². The lowest BCUT2D eigenvalue weighted by Gasteiger charge is -1.97. The smallest absolute Gasteiger partial charge is 0.356 e. The number of carbonyl (C=O) groups is 2. The number of ether oxygens (including phenoxy) is 1. The molecule has 0 spiro atoms. The van der Waals surface area contributed by atoms with Crippen LogP contribution in [0.15, 0.2) is 11.4 Å². The van der Waals surface area contributed by atoms with E-state index in [1.165, 1.54) is 6.20 Å². The van der Waals surface area contributed by atoms with Gasteiger partial charge in [-0.15, -0.1) is 0 Å². The second-order valence-corrected chi connectivity index (χ2v) is 3.54. The number of H-pyrrole nitrogens is 1. The Morgan fingerprint density at radius 2 is 2.40 bits per heavy atom. The summed E-state index contributed by atoms with van der Waals surface area (Å²) in [6.45, 7) is 2.03. The van der Waals surface area contributed by atoms with Gasteiger partial charge < -0.3 is 15.5 Å². The molecule has 0 saturated heterocycles. The third-order valence-corrected chi connectivity index (χ3v) is 2.31. The lowest BCUT2D eigenvalue weighted by atomic mass is 10.5. The van der Waals surface area contributed by atoms with Crippen molar-refractivity contribution in [3.8, 4) is 0 Å². The van der Waals surface area contributed by atoms with Crippen LogP contribution in [0.4, 0.5) is 0 Å². The molecule has 0 saturated carbocycles. The van der Waals surface area contributed by atoms with Crippen LogP contribution in [0.5, 0.6) is 0 Å². The van der Waals surface area contributed by atoms with Crippen LogP contribution in [-0.2, 0) is 9.53 Å². The molecular formula is C8H11N3O3S.